The minimum atomic E-state index is -0.219. The van der Waals surface area contributed by atoms with E-state index in [0.29, 0.717) is 0 Å². The molecule has 2 aromatic heterocycles. The predicted molar refractivity (Wildman–Crippen MR) is 73.9 cm³/mol. The molecule has 1 amide bonds. The topological polar surface area (TPSA) is 80.9 Å². The summed E-state index contributed by atoms with van der Waals surface area (Å²) in [4.78, 5) is 21.4. The van der Waals surface area contributed by atoms with Gasteiger partial charge in [-0.05, 0) is 36.3 Å². The van der Waals surface area contributed by atoms with Gasteiger partial charge in [-0.2, -0.15) is 0 Å². The Morgan fingerprint density at radius 3 is 3.21 bits per heavy atom. The number of carbonyl (C=O) groups is 1. The van der Waals surface area contributed by atoms with Crippen molar-refractivity contribution in [2.75, 3.05) is 5.73 Å². The summed E-state index contributed by atoms with van der Waals surface area (Å²) in [6.45, 7) is 0. The number of thiophene rings is 1. The summed E-state index contributed by atoms with van der Waals surface area (Å²) in [5, 5.41) is 5.09. The van der Waals surface area contributed by atoms with E-state index >= 15 is 0 Å². The molecule has 0 spiro atoms. The molecular formula is C13H14N4OS. The fourth-order valence-corrected chi connectivity index (χ4v) is 3.35. The largest absolute Gasteiger partial charge is 0.382 e. The number of aromatic nitrogens is 2. The number of rotatable bonds is 2. The van der Waals surface area contributed by atoms with Gasteiger partial charge in [0.1, 0.15) is 11.5 Å². The number of hydrogen-bond donors (Lipinski definition) is 2. The number of fused-ring (bicyclic) bond motifs is 1. The van der Waals surface area contributed by atoms with Crippen molar-refractivity contribution in [3.63, 3.8) is 0 Å². The highest BCUT2D eigenvalue weighted by Crippen LogP contribution is 2.33. The summed E-state index contributed by atoms with van der Waals surface area (Å²) < 4.78 is 0. The van der Waals surface area contributed by atoms with Crippen LogP contribution in [0.3, 0.4) is 0 Å². The van der Waals surface area contributed by atoms with Gasteiger partial charge in [-0.1, -0.05) is 0 Å². The maximum atomic E-state index is 12.1. The average molecular weight is 274 g/mol. The van der Waals surface area contributed by atoms with Gasteiger partial charge in [-0.25, -0.2) is 4.98 Å². The van der Waals surface area contributed by atoms with E-state index in [9.17, 15) is 4.79 Å². The molecule has 2 heterocycles. The van der Waals surface area contributed by atoms with Crippen LogP contribution in [0.4, 0.5) is 5.82 Å². The SMILES string of the molecule is Nc1cncc(C(=O)NC2CCCc3sccc32)n1. The van der Waals surface area contributed by atoms with E-state index in [0.717, 1.165) is 19.3 Å². The third-order valence-electron chi connectivity index (χ3n) is 3.24. The number of amides is 1. The minimum absolute atomic E-state index is 0.0748. The molecule has 2 aromatic rings. The van der Waals surface area contributed by atoms with Crippen LogP contribution in [0.2, 0.25) is 0 Å². The van der Waals surface area contributed by atoms with E-state index < -0.39 is 0 Å². The molecule has 0 saturated carbocycles. The number of aryl methyl sites for hydroxylation is 1. The molecule has 0 fully saturated rings. The van der Waals surface area contributed by atoms with Crippen molar-refractivity contribution >= 4 is 23.1 Å². The maximum absolute atomic E-state index is 12.1. The third kappa shape index (κ3) is 2.44. The van der Waals surface area contributed by atoms with Crippen molar-refractivity contribution in [2.45, 2.75) is 25.3 Å². The number of nitrogens with zero attached hydrogens (tertiary/aromatic N) is 2. The molecule has 0 aliphatic heterocycles. The Morgan fingerprint density at radius 1 is 1.47 bits per heavy atom. The normalized spacial score (nSPS) is 17.8. The molecule has 5 nitrogen and oxygen atoms in total. The molecule has 0 saturated heterocycles. The Kier molecular flexibility index (Phi) is 3.16. The van der Waals surface area contributed by atoms with Crippen LogP contribution in [0, 0.1) is 0 Å². The Hall–Kier alpha value is -1.95. The molecule has 0 bridgehead atoms. The fourth-order valence-electron chi connectivity index (χ4n) is 2.36. The van der Waals surface area contributed by atoms with Crippen LogP contribution < -0.4 is 11.1 Å². The molecule has 6 heteroatoms. The molecule has 19 heavy (non-hydrogen) atoms. The Morgan fingerprint density at radius 2 is 2.37 bits per heavy atom. The quantitative estimate of drug-likeness (QED) is 0.876. The highest BCUT2D eigenvalue weighted by Gasteiger charge is 2.23. The van der Waals surface area contributed by atoms with E-state index in [1.807, 2.05) is 0 Å². The van der Waals surface area contributed by atoms with Gasteiger partial charge in [-0.15, -0.1) is 11.3 Å². The van der Waals surface area contributed by atoms with E-state index in [-0.39, 0.29) is 23.5 Å². The van der Waals surface area contributed by atoms with Crippen LogP contribution in [-0.4, -0.2) is 15.9 Å². The lowest BCUT2D eigenvalue weighted by Crippen LogP contribution is -2.31. The van der Waals surface area contributed by atoms with Gasteiger partial charge in [0.25, 0.3) is 5.91 Å². The van der Waals surface area contributed by atoms with Crippen LogP contribution >= 0.6 is 11.3 Å². The van der Waals surface area contributed by atoms with Gasteiger partial charge in [-0.3, -0.25) is 9.78 Å². The van der Waals surface area contributed by atoms with E-state index in [1.165, 1.54) is 22.8 Å². The summed E-state index contributed by atoms with van der Waals surface area (Å²) in [5.41, 5.74) is 7.04. The lowest BCUT2D eigenvalue weighted by Gasteiger charge is -2.23. The molecule has 1 atom stereocenters. The van der Waals surface area contributed by atoms with Gasteiger partial charge >= 0.3 is 0 Å². The second-order valence-electron chi connectivity index (χ2n) is 4.55. The van der Waals surface area contributed by atoms with Crippen molar-refractivity contribution in [1.82, 2.24) is 15.3 Å². The number of nitrogens with one attached hydrogen (secondary N) is 1. The van der Waals surface area contributed by atoms with Gasteiger partial charge < -0.3 is 11.1 Å². The number of carbonyl (C=O) groups excluding carboxylic acids is 1. The Balaban J connectivity index is 1.78. The Bertz CT molecular complexity index is 610. The van der Waals surface area contributed by atoms with E-state index in [2.05, 4.69) is 26.7 Å². The summed E-state index contributed by atoms with van der Waals surface area (Å²) in [6, 6.07) is 2.17. The lowest BCUT2D eigenvalue weighted by molar-refractivity contribution is 0.0927. The number of anilines is 1. The molecule has 0 aromatic carbocycles. The summed E-state index contributed by atoms with van der Waals surface area (Å²) >= 11 is 1.76. The molecule has 3 rings (SSSR count). The molecule has 1 aliphatic rings. The van der Waals surface area contributed by atoms with Crippen molar-refractivity contribution < 1.29 is 4.79 Å². The van der Waals surface area contributed by atoms with Crippen LogP contribution in [0.25, 0.3) is 0 Å². The monoisotopic (exact) mass is 274 g/mol. The highest BCUT2D eigenvalue weighted by atomic mass is 32.1. The zero-order valence-electron chi connectivity index (χ0n) is 10.3. The summed E-state index contributed by atoms with van der Waals surface area (Å²) in [5.74, 6) is 0.0383. The number of nitrogens with two attached hydrogens (primary N) is 1. The average Bonchev–Trinajstić information content (AvgIpc) is 2.88. The van der Waals surface area contributed by atoms with Crippen molar-refractivity contribution in [2.24, 2.45) is 0 Å². The van der Waals surface area contributed by atoms with Gasteiger partial charge in [0, 0.05) is 4.88 Å². The maximum Gasteiger partial charge on any atom is 0.272 e. The van der Waals surface area contributed by atoms with Gasteiger partial charge in [0.05, 0.1) is 18.4 Å². The standard InChI is InChI=1S/C13H14N4OS/c14-12-7-15-6-10(16-12)13(18)17-9-2-1-3-11-8(9)4-5-19-11/h4-7,9H,1-3H2,(H2,14,16)(H,17,18). The molecule has 1 aliphatic carbocycles. The van der Waals surface area contributed by atoms with Crippen molar-refractivity contribution in [1.29, 1.82) is 0 Å². The second-order valence-corrected chi connectivity index (χ2v) is 5.55. The highest BCUT2D eigenvalue weighted by molar-refractivity contribution is 7.10. The first-order valence-corrected chi connectivity index (χ1v) is 7.06. The first-order chi connectivity index (χ1) is 9.24. The summed E-state index contributed by atoms with van der Waals surface area (Å²) in [6.07, 6.45) is 6.03. The smallest absolute Gasteiger partial charge is 0.272 e. The first kappa shape index (κ1) is 12.1. The van der Waals surface area contributed by atoms with Crippen molar-refractivity contribution in [3.05, 3.63) is 40.0 Å². The molecule has 1 unspecified atom stereocenters. The zero-order chi connectivity index (χ0) is 13.2. The number of nitrogen functional groups attached to an aromatic ring is 1. The van der Waals surface area contributed by atoms with Crippen LogP contribution in [0.15, 0.2) is 23.8 Å². The summed E-state index contributed by atoms with van der Waals surface area (Å²) in [7, 11) is 0. The molecule has 3 N–H and O–H groups in total. The van der Waals surface area contributed by atoms with E-state index in [1.54, 1.807) is 11.3 Å². The number of hydrogen-bond acceptors (Lipinski definition) is 5. The lowest BCUT2D eigenvalue weighted by atomic mass is 9.94. The van der Waals surface area contributed by atoms with Crippen LogP contribution in [0.1, 0.15) is 39.8 Å². The fraction of sp³-hybridized carbons (Fsp3) is 0.308. The molecule has 98 valence electrons. The predicted octanol–water partition coefficient (Wildman–Crippen LogP) is 1.93. The Labute approximate surface area is 114 Å². The van der Waals surface area contributed by atoms with E-state index in [4.69, 9.17) is 5.73 Å². The second kappa shape index (κ2) is 4.97. The minimum Gasteiger partial charge on any atom is -0.382 e. The first-order valence-electron chi connectivity index (χ1n) is 6.18. The van der Waals surface area contributed by atoms with Gasteiger partial charge in [0.15, 0.2) is 0 Å². The van der Waals surface area contributed by atoms with Crippen LogP contribution in [0.5, 0.6) is 0 Å². The van der Waals surface area contributed by atoms with Gasteiger partial charge in [0.2, 0.25) is 0 Å². The zero-order valence-corrected chi connectivity index (χ0v) is 11.1. The molecule has 0 radical (unpaired) electrons. The van der Waals surface area contributed by atoms with Crippen molar-refractivity contribution in [3.8, 4) is 0 Å². The third-order valence-corrected chi connectivity index (χ3v) is 4.24. The molecular weight excluding hydrogens is 260 g/mol. The van der Waals surface area contributed by atoms with Crippen LogP contribution in [-0.2, 0) is 6.42 Å².